The lowest BCUT2D eigenvalue weighted by Gasteiger charge is -2.15. The fourth-order valence-electron chi connectivity index (χ4n) is 2.75. The van der Waals surface area contributed by atoms with Crippen LogP contribution in [-0.4, -0.2) is 29.3 Å². The molecular weight excluding hydrogens is 358 g/mol. The second-order valence-corrected chi connectivity index (χ2v) is 6.54. The number of rotatable bonds is 7. The molecule has 146 valence electrons. The highest BCUT2D eigenvalue weighted by atomic mass is 16.5. The van der Waals surface area contributed by atoms with Crippen molar-refractivity contribution >= 4 is 5.91 Å². The van der Waals surface area contributed by atoms with Crippen molar-refractivity contribution in [3.05, 3.63) is 59.5 Å². The Morgan fingerprint density at radius 2 is 1.79 bits per heavy atom. The maximum Gasteiger partial charge on any atom is 0.261 e. The van der Waals surface area contributed by atoms with Crippen molar-refractivity contribution < 1.29 is 18.8 Å². The quantitative estimate of drug-likeness (QED) is 0.675. The molecule has 3 aromatic rings. The summed E-state index contributed by atoms with van der Waals surface area (Å²) >= 11 is 0. The Morgan fingerprint density at radius 1 is 1.11 bits per heavy atom. The lowest BCUT2D eigenvalue weighted by atomic mass is 10.1. The molecule has 0 aliphatic carbocycles. The Bertz CT molecular complexity index is 930. The van der Waals surface area contributed by atoms with Crippen LogP contribution in [0.15, 0.2) is 47.0 Å². The van der Waals surface area contributed by atoms with Gasteiger partial charge < -0.3 is 19.3 Å². The Hall–Kier alpha value is -3.35. The molecule has 1 heterocycles. The average molecular weight is 381 g/mol. The van der Waals surface area contributed by atoms with E-state index in [0.717, 1.165) is 22.4 Å². The molecule has 7 heteroatoms. The van der Waals surface area contributed by atoms with E-state index in [0.29, 0.717) is 17.5 Å². The number of hydrogen-bond acceptors (Lipinski definition) is 6. The second-order valence-electron chi connectivity index (χ2n) is 6.54. The Labute approximate surface area is 163 Å². The first-order valence-electron chi connectivity index (χ1n) is 8.94. The van der Waals surface area contributed by atoms with Gasteiger partial charge in [-0.1, -0.05) is 11.2 Å². The van der Waals surface area contributed by atoms with Crippen LogP contribution in [0.3, 0.4) is 0 Å². The molecule has 0 spiro atoms. The Kier molecular flexibility index (Phi) is 5.93. The first-order valence-corrected chi connectivity index (χ1v) is 8.94. The monoisotopic (exact) mass is 381 g/mol. The van der Waals surface area contributed by atoms with Crippen molar-refractivity contribution in [3.63, 3.8) is 0 Å². The summed E-state index contributed by atoms with van der Waals surface area (Å²) in [6.07, 6.45) is -0.648. The molecule has 0 fully saturated rings. The highest BCUT2D eigenvalue weighted by molar-refractivity contribution is 5.80. The van der Waals surface area contributed by atoms with E-state index in [9.17, 15) is 4.79 Å². The third-order valence-corrected chi connectivity index (χ3v) is 4.11. The van der Waals surface area contributed by atoms with Gasteiger partial charge in [0.2, 0.25) is 11.7 Å². The predicted octanol–water partition coefficient (Wildman–Crippen LogP) is 3.45. The first kappa shape index (κ1) is 19.4. The molecular formula is C21H23N3O4. The zero-order valence-electron chi connectivity index (χ0n) is 16.4. The fraction of sp³-hybridized carbons (Fsp3) is 0.286. The molecule has 0 bridgehead atoms. The van der Waals surface area contributed by atoms with Crippen LogP contribution in [-0.2, 0) is 11.3 Å². The van der Waals surface area contributed by atoms with Gasteiger partial charge >= 0.3 is 0 Å². The van der Waals surface area contributed by atoms with Gasteiger partial charge in [-0.3, -0.25) is 4.79 Å². The maximum absolute atomic E-state index is 12.3. The zero-order chi connectivity index (χ0) is 20.1. The number of carbonyl (C=O) groups is 1. The Balaban J connectivity index is 1.56. The highest BCUT2D eigenvalue weighted by Crippen LogP contribution is 2.20. The predicted molar refractivity (Wildman–Crippen MR) is 104 cm³/mol. The number of carbonyl (C=O) groups excluding carboxylic acids is 1. The summed E-state index contributed by atoms with van der Waals surface area (Å²) in [6, 6.07) is 13.2. The number of aryl methyl sites for hydroxylation is 2. The molecule has 1 aromatic heterocycles. The molecule has 0 aliphatic heterocycles. The van der Waals surface area contributed by atoms with Crippen molar-refractivity contribution in [2.75, 3.05) is 7.11 Å². The third kappa shape index (κ3) is 4.88. The van der Waals surface area contributed by atoms with Crippen LogP contribution in [0.5, 0.6) is 11.5 Å². The summed E-state index contributed by atoms with van der Waals surface area (Å²) in [5, 5.41) is 6.69. The summed E-state index contributed by atoms with van der Waals surface area (Å²) in [5.41, 5.74) is 2.97. The summed E-state index contributed by atoms with van der Waals surface area (Å²) in [5.74, 6) is 1.92. The Morgan fingerprint density at radius 3 is 2.43 bits per heavy atom. The first-order chi connectivity index (χ1) is 13.4. The van der Waals surface area contributed by atoms with E-state index in [1.54, 1.807) is 14.0 Å². The second kappa shape index (κ2) is 8.56. The maximum atomic E-state index is 12.3. The van der Waals surface area contributed by atoms with Crippen LogP contribution in [0.4, 0.5) is 0 Å². The number of hydrogen-bond donors (Lipinski definition) is 1. The van der Waals surface area contributed by atoms with Crippen molar-refractivity contribution in [3.8, 4) is 22.9 Å². The van der Waals surface area contributed by atoms with E-state index < -0.39 is 6.10 Å². The van der Waals surface area contributed by atoms with Crippen molar-refractivity contribution in [1.82, 2.24) is 15.5 Å². The minimum atomic E-state index is -0.648. The van der Waals surface area contributed by atoms with Crippen LogP contribution >= 0.6 is 0 Å². The van der Waals surface area contributed by atoms with Crippen LogP contribution < -0.4 is 14.8 Å². The van der Waals surface area contributed by atoms with E-state index in [4.69, 9.17) is 14.0 Å². The number of ether oxygens (including phenoxy) is 2. The largest absolute Gasteiger partial charge is 0.497 e. The van der Waals surface area contributed by atoms with Crippen LogP contribution in [0, 0.1) is 13.8 Å². The van der Waals surface area contributed by atoms with Gasteiger partial charge in [-0.15, -0.1) is 0 Å². The number of amides is 1. The van der Waals surface area contributed by atoms with E-state index in [1.807, 2.05) is 56.3 Å². The smallest absolute Gasteiger partial charge is 0.261 e. The molecule has 1 atom stereocenters. The van der Waals surface area contributed by atoms with Crippen LogP contribution in [0.2, 0.25) is 0 Å². The number of nitrogens with zero attached hydrogens (tertiary/aromatic N) is 2. The van der Waals surface area contributed by atoms with Crippen molar-refractivity contribution in [2.45, 2.75) is 33.4 Å². The molecule has 7 nitrogen and oxygen atoms in total. The number of aromatic nitrogens is 2. The van der Waals surface area contributed by atoms with Crippen molar-refractivity contribution in [1.29, 1.82) is 0 Å². The summed E-state index contributed by atoms with van der Waals surface area (Å²) in [7, 11) is 1.61. The molecule has 0 radical (unpaired) electrons. The van der Waals surface area contributed by atoms with Gasteiger partial charge in [0.15, 0.2) is 6.10 Å². The lowest BCUT2D eigenvalue weighted by molar-refractivity contribution is -0.127. The molecule has 1 amide bonds. The van der Waals surface area contributed by atoms with Crippen molar-refractivity contribution in [2.24, 2.45) is 0 Å². The highest BCUT2D eigenvalue weighted by Gasteiger charge is 2.16. The zero-order valence-corrected chi connectivity index (χ0v) is 16.4. The topological polar surface area (TPSA) is 86.5 Å². The summed E-state index contributed by atoms with van der Waals surface area (Å²) in [4.78, 5) is 16.6. The van der Waals surface area contributed by atoms with E-state index in [2.05, 4.69) is 15.5 Å². The van der Waals surface area contributed by atoms with Gasteiger partial charge in [0.25, 0.3) is 5.91 Å². The number of methoxy groups -OCH3 is 1. The van der Waals surface area contributed by atoms with Crippen LogP contribution in [0.25, 0.3) is 11.4 Å². The van der Waals surface area contributed by atoms with Gasteiger partial charge in [0, 0.05) is 5.56 Å². The lowest BCUT2D eigenvalue weighted by Crippen LogP contribution is -2.36. The van der Waals surface area contributed by atoms with Crippen LogP contribution in [0.1, 0.15) is 23.9 Å². The molecule has 3 rings (SSSR count). The van der Waals surface area contributed by atoms with E-state index in [1.165, 1.54) is 0 Å². The van der Waals surface area contributed by atoms with Gasteiger partial charge in [-0.25, -0.2) is 0 Å². The van der Waals surface area contributed by atoms with E-state index in [-0.39, 0.29) is 12.5 Å². The summed E-state index contributed by atoms with van der Waals surface area (Å²) in [6.45, 7) is 5.80. The molecule has 0 saturated carbocycles. The minimum Gasteiger partial charge on any atom is -0.497 e. The molecule has 28 heavy (non-hydrogen) atoms. The summed E-state index contributed by atoms with van der Waals surface area (Å²) < 4.78 is 16.1. The number of benzene rings is 2. The third-order valence-electron chi connectivity index (χ3n) is 4.11. The molecule has 1 N–H and O–H groups in total. The fourth-order valence-corrected chi connectivity index (χ4v) is 2.75. The molecule has 0 aliphatic rings. The SMILES string of the molecule is COc1ccc(-c2noc(CNC(=O)C(C)Oc3cc(C)cc(C)c3)n2)cc1. The van der Waals surface area contributed by atoms with E-state index >= 15 is 0 Å². The van der Waals surface area contributed by atoms with Gasteiger partial charge in [0.05, 0.1) is 13.7 Å². The van der Waals surface area contributed by atoms with Gasteiger partial charge in [-0.05, 0) is 68.3 Å². The molecule has 0 saturated heterocycles. The average Bonchev–Trinajstić information content (AvgIpc) is 3.14. The minimum absolute atomic E-state index is 0.128. The van der Waals surface area contributed by atoms with Gasteiger partial charge in [0.1, 0.15) is 11.5 Å². The van der Waals surface area contributed by atoms with Gasteiger partial charge in [-0.2, -0.15) is 4.98 Å². The normalized spacial score (nSPS) is 11.7. The number of nitrogens with one attached hydrogen (secondary N) is 1. The molecule has 1 unspecified atom stereocenters. The standard InChI is InChI=1S/C21H23N3O4/c1-13-9-14(2)11-18(10-13)27-15(3)21(25)22-12-19-23-20(24-28-19)16-5-7-17(26-4)8-6-16/h5-11,15H,12H2,1-4H3,(H,22,25). The molecule has 2 aromatic carbocycles.